The third-order valence-corrected chi connectivity index (χ3v) is 3.63. The molecule has 1 atom stereocenters. The summed E-state index contributed by atoms with van der Waals surface area (Å²) >= 11 is 0. The van der Waals surface area contributed by atoms with Crippen LogP contribution in [0.1, 0.15) is 50.4 Å². The van der Waals surface area contributed by atoms with E-state index in [1.54, 1.807) is 0 Å². The second kappa shape index (κ2) is 6.94. The van der Waals surface area contributed by atoms with E-state index in [9.17, 15) is 4.79 Å². The molecule has 0 saturated carbocycles. The summed E-state index contributed by atoms with van der Waals surface area (Å²) in [6.07, 6.45) is 2.82. The summed E-state index contributed by atoms with van der Waals surface area (Å²) in [6.45, 7) is 7.47. The lowest BCUT2D eigenvalue weighted by molar-refractivity contribution is -0.0553. The Kier molecular flexibility index (Phi) is 5.23. The number of carbonyl (C=O) groups is 1. The molecule has 0 radical (unpaired) electrons. The summed E-state index contributed by atoms with van der Waals surface area (Å²) in [6, 6.07) is 7.90. The fourth-order valence-electron chi connectivity index (χ4n) is 2.57. The van der Waals surface area contributed by atoms with Crippen LogP contribution < -0.4 is 5.32 Å². The normalized spacial score (nSPS) is 20.8. The van der Waals surface area contributed by atoms with Crippen molar-refractivity contribution in [2.75, 3.05) is 18.5 Å². The smallest absolute Gasteiger partial charge is 0.338 e. The first kappa shape index (κ1) is 15.8. The zero-order valence-corrected chi connectivity index (χ0v) is 13.1. The van der Waals surface area contributed by atoms with E-state index < -0.39 is 0 Å². The third kappa shape index (κ3) is 4.74. The number of nitrogens with one attached hydrogen (secondary N) is 1. The van der Waals surface area contributed by atoms with Gasteiger partial charge in [-0.25, -0.2) is 4.79 Å². The number of hydrogen-bond acceptors (Lipinski definition) is 4. The van der Waals surface area contributed by atoms with Crippen molar-refractivity contribution in [1.82, 2.24) is 0 Å². The van der Waals surface area contributed by atoms with E-state index in [1.807, 2.05) is 31.2 Å². The summed E-state index contributed by atoms with van der Waals surface area (Å²) < 4.78 is 10.8. The molecule has 4 nitrogen and oxygen atoms in total. The highest BCUT2D eigenvalue weighted by atomic mass is 16.5. The molecular weight excluding hydrogens is 266 g/mol. The zero-order chi connectivity index (χ0) is 15.3. The van der Waals surface area contributed by atoms with Crippen molar-refractivity contribution in [1.29, 1.82) is 0 Å². The fourth-order valence-corrected chi connectivity index (χ4v) is 2.57. The molecule has 0 spiro atoms. The van der Waals surface area contributed by atoms with Crippen molar-refractivity contribution in [2.24, 2.45) is 0 Å². The van der Waals surface area contributed by atoms with Crippen molar-refractivity contribution in [3.8, 4) is 0 Å². The minimum atomic E-state index is -0.254. The van der Waals surface area contributed by atoms with Crippen LogP contribution in [0.4, 0.5) is 5.69 Å². The number of rotatable bonds is 5. The van der Waals surface area contributed by atoms with Crippen molar-refractivity contribution in [3.63, 3.8) is 0 Å². The standard InChI is InChI=1S/C17H25NO3/c1-4-10-20-16(19)13-5-7-14(8-6-13)18-15-9-11-21-17(2,3)12-15/h5-8,15,18H,4,9-12H2,1-3H3. The molecule has 1 aliphatic heterocycles. The second-order valence-corrected chi connectivity index (χ2v) is 6.16. The zero-order valence-electron chi connectivity index (χ0n) is 13.1. The Labute approximate surface area is 126 Å². The Morgan fingerprint density at radius 3 is 2.71 bits per heavy atom. The van der Waals surface area contributed by atoms with E-state index in [0.717, 1.165) is 31.6 Å². The van der Waals surface area contributed by atoms with Crippen LogP contribution in [0.2, 0.25) is 0 Å². The van der Waals surface area contributed by atoms with Gasteiger partial charge in [-0.2, -0.15) is 0 Å². The van der Waals surface area contributed by atoms with Crippen molar-refractivity contribution in [3.05, 3.63) is 29.8 Å². The second-order valence-electron chi connectivity index (χ2n) is 6.16. The van der Waals surface area contributed by atoms with E-state index >= 15 is 0 Å². The first-order chi connectivity index (χ1) is 10.00. The average Bonchev–Trinajstić information content (AvgIpc) is 2.44. The third-order valence-electron chi connectivity index (χ3n) is 3.63. The van der Waals surface area contributed by atoms with Gasteiger partial charge in [-0.1, -0.05) is 6.92 Å². The summed E-state index contributed by atoms with van der Waals surface area (Å²) in [7, 11) is 0. The van der Waals surface area contributed by atoms with Crippen LogP contribution in [-0.2, 0) is 9.47 Å². The van der Waals surface area contributed by atoms with Gasteiger partial charge in [0.15, 0.2) is 0 Å². The molecular formula is C17H25NO3. The molecule has 0 aliphatic carbocycles. The van der Waals surface area contributed by atoms with Crippen LogP contribution in [0.15, 0.2) is 24.3 Å². The maximum atomic E-state index is 11.7. The van der Waals surface area contributed by atoms with E-state index in [1.165, 1.54) is 0 Å². The van der Waals surface area contributed by atoms with E-state index in [2.05, 4.69) is 19.2 Å². The molecule has 4 heteroatoms. The van der Waals surface area contributed by atoms with Crippen LogP contribution in [0, 0.1) is 0 Å². The Morgan fingerprint density at radius 2 is 2.10 bits per heavy atom. The van der Waals surface area contributed by atoms with Gasteiger partial charge in [0, 0.05) is 18.3 Å². The maximum absolute atomic E-state index is 11.7. The lowest BCUT2D eigenvalue weighted by Gasteiger charge is -2.36. The SMILES string of the molecule is CCCOC(=O)c1ccc(NC2CCOC(C)(C)C2)cc1. The molecule has 1 fully saturated rings. The number of ether oxygens (including phenoxy) is 2. The number of anilines is 1. The molecule has 2 rings (SSSR count). The first-order valence-corrected chi connectivity index (χ1v) is 7.68. The highest BCUT2D eigenvalue weighted by Gasteiger charge is 2.28. The quantitative estimate of drug-likeness (QED) is 0.842. The van der Waals surface area contributed by atoms with Gasteiger partial charge in [0.05, 0.1) is 17.8 Å². The lowest BCUT2D eigenvalue weighted by Crippen LogP contribution is -2.40. The van der Waals surface area contributed by atoms with Gasteiger partial charge < -0.3 is 14.8 Å². The highest BCUT2D eigenvalue weighted by molar-refractivity contribution is 5.89. The average molecular weight is 291 g/mol. The van der Waals surface area contributed by atoms with Gasteiger partial charge in [-0.3, -0.25) is 0 Å². The molecule has 116 valence electrons. The molecule has 1 aliphatic rings. The minimum Gasteiger partial charge on any atom is -0.462 e. The van der Waals surface area contributed by atoms with E-state index in [0.29, 0.717) is 18.2 Å². The van der Waals surface area contributed by atoms with Crippen LogP contribution in [0.25, 0.3) is 0 Å². The fraction of sp³-hybridized carbons (Fsp3) is 0.588. The van der Waals surface area contributed by atoms with Crippen LogP contribution in [-0.4, -0.2) is 30.8 Å². The molecule has 0 bridgehead atoms. The lowest BCUT2D eigenvalue weighted by atomic mass is 9.94. The Hall–Kier alpha value is -1.55. The summed E-state index contributed by atoms with van der Waals surface area (Å²) in [5, 5.41) is 3.51. The van der Waals surface area contributed by atoms with E-state index in [-0.39, 0.29) is 11.6 Å². The van der Waals surface area contributed by atoms with Crippen molar-refractivity contribution < 1.29 is 14.3 Å². The van der Waals surface area contributed by atoms with Gasteiger partial charge in [0.25, 0.3) is 0 Å². The van der Waals surface area contributed by atoms with Gasteiger partial charge >= 0.3 is 5.97 Å². The Bertz CT molecular complexity index is 467. The van der Waals surface area contributed by atoms with E-state index in [4.69, 9.17) is 9.47 Å². The van der Waals surface area contributed by atoms with Crippen molar-refractivity contribution in [2.45, 2.75) is 51.7 Å². The van der Waals surface area contributed by atoms with Gasteiger partial charge in [-0.05, 0) is 57.4 Å². The highest BCUT2D eigenvalue weighted by Crippen LogP contribution is 2.26. The predicted molar refractivity (Wildman–Crippen MR) is 83.7 cm³/mol. The van der Waals surface area contributed by atoms with Gasteiger partial charge in [0.1, 0.15) is 0 Å². The molecule has 1 saturated heterocycles. The topological polar surface area (TPSA) is 47.6 Å². The summed E-state index contributed by atoms with van der Waals surface area (Å²) in [5.41, 5.74) is 1.56. The number of hydrogen-bond donors (Lipinski definition) is 1. The molecule has 1 heterocycles. The monoisotopic (exact) mass is 291 g/mol. The number of esters is 1. The largest absolute Gasteiger partial charge is 0.462 e. The van der Waals surface area contributed by atoms with Crippen molar-refractivity contribution >= 4 is 11.7 Å². The summed E-state index contributed by atoms with van der Waals surface area (Å²) in [5.74, 6) is -0.254. The van der Waals surface area contributed by atoms with Crippen LogP contribution in [0.5, 0.6) is 0 Å². The molecule has 21 heavy (non-hydrogen) atoms. The molecule has 1 aromatic carbocycles. The van der Waals surface area contributed by atoms with Gasteiger partial charge in [0.2, 0.25) is 0 Å². The summed E-state index contributed by atoms with van der Waals surface area (Å²) in [4.78, 5) is 11.7. The minimum absolute atomic E-state index is 0.0696. The number of benzene rings is 1. The molecule has 0 aromatic heterocycles. The molecule has 1 aromatic rings. The molecule has 1 unspecified atom stereocenters. The molecule has 1 N–H and O–H groups in total. The van der Waals surface area contributed by atoms with Gasteiger partial charge in [-0.15, -0.1) is 0 Å². The Balaban J connectivity index is 1.91. The van der Waals surface area contributed by atoms with Crippen LogP contribution >= 0.6 is 0 Å². The first-order valence-electron chi connectivity index (χ1n) is 7.68. The maximum Gasteiger partial charge on any atom is 0.338 e. The Morgan fingerprint density at radius 1 is 1.38 bits per heavy atom. The van der Waals surface area contributed by atoms with Crippen LogP contribution in [0.3, 0.4) is 0 Å². The predicted octanol–water partition coefficient (Wildman–Crippen LogP) is 3.62. The number of carbonyl (C=O) groups excluding carboxylic acids is 1. The molecule has 0 amide bonds.